The van der Waals surface area contributed by atoms with Crippen LogP contribution in [0.5, 0.6) is 0 Å². The third-order valence-electron chi connectivity index (χ3n) is 6.95. The average Bonchev–Trinajstić information content (AvgIpc) is 2.86. The number of aliphatic carboxylic acids is 1. The van der Waals surface area contributed by atoms with Crippen molar-refractivity contribution in [1.29, 1.82) is 0 Å². The van der Waals surface area contributed by atoms with Gasteiger partial charge < -0.3 is 14.7 Å². The molecule has 8 heteroatoms. The lowest BCUT2D eigenvalue weighted by molar-refractivity contribution is -0.152. The lowest BCUT2D eigenvalue weighted by atomic mass is 9.85. The molecule has 2 aliphatic rings. The normalized spacial score (nSPS) is 23.5. The van der Waals surface area contributed by atoms with Crippen molar-refractivity contribution in [2.75, 3.05) is 26.3 Å². The molecule has 2 aromatic rings. The molecule has 0 saturated carbocycles. The molecule has 2 aliphatic heterocycles. The minimum atomic E-state index is -0.914. The highest BCUT2D eigenvalue weighted by Crippen LogP contribution is 2.38. The Morgan fingerprint density at radius 3 is 2.31 bits per heavy atom. The zero-order valence-electron chi connectivity index (χ0n) is 21.0. The van der Waals surface area contributed by atoms with Gasteiger partial charge in [0.15, 0.2) is 0 Å². The molecule has 6 nitrogen and oxygen atoms in total. The summed E-state index contributed by atoms with van der Waals surface area (Å²) in [6.07, 6.45) is 2.08. The lowest BCUT2D eigenvalue weighted by Gasteiger charge is -2.46. The number of amides is 1. The van der Waals surface area contributed by atoms with Crippen molar-refractivity contribution in [1.82, 2.24) is 9.80 Å². The number of hydrogen-bond donors (Lipinski definition) is 1. The third kappa shape index (κ3) is 7.94. The van der Waals surface area contributed by atoms with Crippen LogP contribution < -0.4 is 0 Å². The summed E-state index contributed by atoms with van der Waals surface area (Å²) in [5.41, 5.74) is 1.06. The molecule has 0 spiro atoms. The van der Waals surface area contributed by atoms with Crippen molar-refractivity contribution in [2.24, 2.45) is 5.92 Å². The van der Waals surface area contributed by atoms with E-state index in [0.29, 0.717) is 30.7 Å². The van der Waals surface area contributed by atoms with Crippen LogP contribution in [0.25, 0.3) is 0 Å². The molecule has 36 heavy (non-hydrogen) atoms. The Balaban J connectivity index is 0.000000444. The summed E-state index contributed by atoms with van der Waals surface area (Å²) in [5.74, 6) is -1.40. The monoisotopic (exact) mass is 534 g/mol. The van der Waals surface area contributed by atoms with Gasteiger partial charge in [-0.05, 0) is 56.0 Å². The summed E-state index contributed by atoms with van der Waals surface area (Å²) in [6.45, 7) is 7.28. The first kappa shape index (κ1) is 28.5. The first-order valence-electron chi connectivity index (χ1n) is 12.6. The first-order valence-corrected chi connectivity index (χ1v) is 13.4. The van der Waals surface area contributed by atoms with Crippen LogP contribution >= 0.6 is 23.2 Å². The van der Waals surface area contributed by atoms with Gasteiger partial charge in [0.05, 0.1) is 25.7 Å². The van der Waals surface area contributed by atoms with Crippen LogP contribution in [0, 0.1) is 5.92 Å². The Labute approximate surface area is 224 Å². The second kappa shape index (κ2) is 14.0. The first-order chi connectivity index (χ1) is 17.3. The summed E-state index contributed by atoms with van der Waals surface area (Å²) in [7, 11) is 0. The zero-order valence-corrected chi connectivity index (χ0v) is 22.5. The molecular formula is C28H36Cl2N2O4. The molecule has 2 heterocycles. The van der Waals surface area contributed by atoms with Crippen molar-refractivity contribution in [2.45, 2.75) is 57.7 Å². The van der Waals surface area contributed by atoms with Crippen LogP contribution in [0.15, 0.2) is 54.6 Å². The van der Waals surface area contributed by atoms with Crippen LogP contribution in [0.4, 0.5) is 0 Å². The summed E-state index contributed by atoms with van der Waals surface area (Å²) >= 11 is 11.6. The van der Waals surface area contributed by atoms with Gasteiger partial charge in [-0.25, -0.2) is 0 Å². The maximum atomic E-state index is 13.4. The minimum absolute atomic E-state index is 0.0281. The largest absolute Gasteiger partial charge is 0.481 e. The molecule has 4 rings (SSSR count). The number of benzene rings is 2. The Kier molecular flexibility index (Phi) is 11.1. The van der Waals surface area contributed by atoms with Crippen molar-refractivity contribution in [3.8, 4) is 0 Å². The van der Waals surface area contributed by atoms with Crippen LogP contribution in [-0.4, -0.2) is 65.2 Å². The van der Waals surface area contributed by atoms with Gasteiger partial charge in [0.25, 0.3) is 0 Å². The van der Waals surface area contributed by atoms with Gasteiger partial charge in [-0.2, -0.15) is 0 Å². The number of hydrogen-bond acceptors (Lipinski definition) is 4. The predicted octanol–water partition coefficient (Wildman–Crippen LogP) is 5.93. The molecule has 2 fully saturated rings. The van der Waals surface area contributed by atoms with Gasteiger partial charge in [-0.15, -0.1) is 0 Å². The smallest absolute Gasteiger partial charge is 0.304 e. The lowest BCUT2D eigenvalue weighted by Crippen LogP contribution is -2.55. The fourth-order valence-electron chi connectivity index (χ4n) is 4.96. The zero-order chi connectivity index (χ0) is 26.1. The molecule has 196 valence electrons. The van der Waals surface area contributed by atoms with Gasteiger partial charge >= 0.3 is 5.97 Å². The highest BCUT2D eigenvalue weighted by atomic mass is 35.5. The number of morpholine rings is 1. The number of carbonyl (C=O) groups is 2. The number of carbonyl (C=O) groups excluding carboxylic acids is 1. The fourth-order valence-corrected chi connectivity index (χ4v) is 5.24. The second-order valence-corrected chi connectivity index (χ2v) is 10.3. The number of nitrogens with zero attached hydrogens (tertiary/aromatic N) is 2. The Hall–Kier alpha value is -2.12. The van der Waals surface area contributed by atoms with Gasteiger partial charge in [-0.1, -0.05) is 60.5 Å². The third-order valence-corrected chi connectivity index (χ3v) is 7.46. The second-order valence-electron chi connectivity index (χ2n) is 9.46. The standard InChI is InChI=1S/C22H31ClN2O4.C6H5Cl/c1-3-19(13-24-10-11-29-14-15(24)2)25-20(16-4-7-18(23)8-5-16)9-6-17(22(25)28)12-21(26)27;7-6-4-2-1-3-5-6/h4-5,7-8,15,17,19-20H,3,6,9-14H2,1-2H3,(H,26,27);1-5H. The van der Waals surface area contributed by atoms with E-state index in [0.717, 1.165) is 36.5 Å². The van der Waals surface area contributed by atoms with E-state index in [4.69, 9.17) is 27.9 Å². The highest BCUT2D eigenvalue weighted by molar-refractivity contribution is 6.30. The Morgan fingerprint density at radius 1 is 1.08 bits per heavy atom. The van der Waals surface area contributed by atoms with E-state index in [-0.39, 0.29) is 24.4 Å². The Morgan fingerprint density at radius 2 is 1.75 bits per heavy atom. The molecule has 2 saturated heterocycles. The Bertz CT molecular complexity index is 973. The topological polar surface area (TPSA) is 70.1 Å². The number of likely N-dealkylation sites (tertiary alicyclic amines) is 1. The average molecular weight is 536 g/mol. The summed E-state index contributed by atoms with van der Waals surface area (Å²) in [6, 6.07) is 17.4. The summed E-state index contributed by atoms with van der Waals surface area (Å²) in [4.78, 5) is 29.1. The number of ether oxygens (including phenoxy) is 1. The minimum Gasteiger partial charge on any atom is -0.481 e. The summed E-state index contributed by atoms with van der Waals surface area (Å²) < 4.78 is 5.56. The maximum Gasteiger partial charge on any atom is 0.304 e. The van der Waals surface area contributed by atoms with E-state index in [2.05, 4.69) is 18.7 Å². The van der Waals surface area contributed by atoms with Gasteiger partial charge in [0, 0.05) is 41.1 Å². The quantitative estimate of drug-likeness (QED) is 0.476. The van der Waals surface area contributed by atoms with E-state index >= 15 is 0 Å². The van der Waals surface area contributed by atoms with Crippen LogP contribution in [0.3, 0.4) is 0 Å². The van der Waals surface area contributed by atoms with Crippen molar-refractivity contribution in [3.63, 3.8) is 0 Å². The SMILES string of the molecule is CCC(CN1CCOCC1C)N1C(=O)C(CC(=O)O)CCC1c1ccc(Cl)cc1.Clc1ccccc1. The van der Waals surface area contributed by atoms with Crippen molar-refractivity contribution in [3.05, 3.63) is 70.2 Å². The van der Waals surface area contributed by atoms with Gasteiger partial charge in [0.2, 0.25) is 5.91 Å². The van der Waals surface area contributed by atoms with E-state index in [9.17, 15) is 14.7 Å². The molecule has 1 amide bonds. The molecule has 1 N–H and O–H groups in total. The number of carboxylic acid groups (broad SMARTS) is 1. The molecule has 2 aromatic carbocycles. The molecule has 4 unspecified atom stereocenters. The number of piperidine rings is 1. The predicted molar refractivity (Wildman–Crippen MR) is 143 cm³/mol. The molecule has 0 aromatic heterocycles. The van der Waals surface area contributed by atoms with E-state index in [1.54, 1.807) is 0 Å². The highest BCUT2D eigenvalue weighted by Gasteiger charge is 2.41. The van der Waals surface area contributed by atoms with Crippen LogP contribution in [-0.2, 0) is 14.3 Å². The molecule has 4 atom stereocenters. The molecule has 0 aliphatic carbocycles. The van der Waals surface area contributed by atoms with E-state index in [1.807, 2.05) is 59.5 Å². The number of rotatable bonds is 7. The van der Waals surface area contributed by atoms with Crippen LogP contribution in [0.2, 0.25) is 10.0 Å². The maximum absolute atomic E-state index is 13.4. The van der Waals surface area contributed by atoms with Crippen molar-refractivity contribution < 1.29 is 19.4 Å². The van der Waals surface area contributed by atoms with Crippen molar-refractivity contribution >= 4 is 35.1 Å². The van der Waals surface area contributed by atoms with E-state index in [1.165, 1.54) is 0 Å². The van der Waals surface area contributed by atoms with Crippen LogP contribution in [0.1, 0.15) is 51.1 Å². The summed E-state index contributed by atoms with van der Waals surface area (Å²) in [5, 5.41) is 10.7. The molecular weight excluding hydrogens is 499 g/mol. The molecule has 0 radical (unpaired) electrons. The molecule has 0 bridgehead atoms. The number of halogens is 2. The fraction of sp³-hybridized carbons (Fsp3) is 0.500. The number of carboxylic acids is 1. The van der Waals surface area contributed by atoms with Gasteiger partial charge in [0.1, 0.15) is 0 Å². The van der Waals surface area contributed by atoms with E-state index < -0.39 is 11.9 Å². The van der Waals surface area contributed by atoms with Gasteiger partial charge in [-0.3, -0.25) is 14.5 Å².